The highest BCUT2D eigenvalue weighted by Crippen LogP contribution is 2.26. The van der Waals surface area contributed by atoms with Gasteiger partial charge >= 0.3 is 12.1 Å². The van der Waals surface area contributed by atoms with Crippen molar-refractivity contribution in [3.63, 3.8) is 0 Å². The molecule has 0 unspecified atom stereocenters. The van der Waals surface area contributed by atoms with Crippen molar-refractivity contribution in [2.45, 2.75) is 25.7 Å². The summed E-state index contributed by atoms with van der Waals surface area (Å²) in [5.74, 6) is 0. The Kier molecular flexibility index (Phi) is 5.67. The molecule has 2 heterocycles. The number of nitrogens with one attached hydrogen (secondary N) is 2. The van der Waals surface area contributed by atoms with Crippen LogP contribution in [-0.2, 0) is 11.3 Å². The molecular formula is C22H26N4O3. The molecule has 0 spiro atoms. The van der Waals surface area contributed by atoms with Crippen LogP contribution in [-0.4, -0.2) is 54.1 Å². The molecule has 2 atom stereocenters. The van der Waals surface area contributed by atoms with Crippen molar-refractivity contribution in [1.82, 2.24) is 15.1 Å². The minimum absolute atomic E-state index is 0.0526. The van der Waals surface area contributed by atoms with Crippen molar-refractivity contribution in [1.29, 1.82) is 0 Å². The summed E-state index contributed by atoms with van der Waals surface area (Å²) in [4.78, 5) is 28.4. The summed E-state index contributed by atoms with van der Waals surface area (Å²) in [6.45, 7) is 4.80. The maximum atomic E-state index is 13.0. The molecule has 0 aromatic heterocycles. The zero-order chi connectivity index (χ0) is 20.2. The lowest BCUT2D eigenvalue weighted by molar-refractivity contribution is -0.0642. The van der Waals surface area contributed by atoms with Gasteiger partial charge in [-0.3, -0.25) is 0 Å². The predicted molar refractivity (Wildman–Crippen MR) is 111 cm³/mol. The van der Waals surface area contributed by atoms with Crippen LogP contribution in [0.1, 0.15) is 24.2 Å². The van der Waals surface area contributed by atoms with Crippen LogP contribution in [0, 0.1) is 0 Å². The van der Waals surface area contributed by atoms with E-state index in [4.69, 9.17) is 4.74 Å². The Labute approximate surface area is 170 Å². The normalized spacial score (nSPS) is 21.8. The minimum atomic E-state index is -0.153. The van der Waals surface area contributed by atoms with E-state index in [9.17, 15) is 9.59 Å². The molecule has 0 radical (unpaired) electrons. The van der Waals surface area contributed by atoms with E-state index in [0.717, 1.165) is 16.8 Å². The first-order valence-electron chi connectivity index (χ1n) is 9.97. The van der Waals surface area contributed by atoms with Crippen LogP contribution < -0.4 is 10.6 Å². The van der Waals surface area contributed by atoms with Crippen LogP contribution in [0.5, 0.6) is 0 Å². The number of ether oxygens (including phenoxy) is 1. The van der Waals surface area contributed by atoms with E-state index in [1.165, 1.54) is 0 Å². The lowest BCUT2D eigenvalue weighted by Crippen LogP contribution is -2.47. The molecule has 2 fully saturated rings. The van der Waals surface area contributed by atoms with Crippen molar-refractivity contribution in [2.24, 2.45) is 0 Å². The Morgan fingerprint density at radius 3 is 2.66 bits per heavy atom. The Morgan fingerprint density at radius 2 is 1.90 bits per heavy atom. The Morgan fingerprint density at radius 1 is 1.14 bits per heavy atom. The molecular weight excluding hydrogens is 368 g/mol. The topological polar surface area (TPSA) is 73.9 Å². The average Bonchev–Trinajstić information content (AvgIpc) is 3.14. The predicted octanol–water partition coefficient (Wildman–Crippen LogP) is 3.21. The lowest BCUT2D eigenvalue weighted by Gasteiger charge is -2.37. The zero-order valence-electron chi connectivity index (χ0n) is 16.5. The summed E-state index contributed by atoms with van der Waals surface area (Å²) >= 11 is 0. The molecule has 2 aliphatic rings. The van der Waals surface area contributed by atoms with E-state index in [-0.39, 0.29) is 24.3 Å². The van der Waals surface area contributed by atoms with Gasteiger partial charge in [-0.15, -0.1) is 0 Å². The second-order valence-corrected chi connectivity index (χ2v) is 7.49. The van der Waals surface area contributed by atoms with Crippen molar-refractivity contribution >= 4 is 17.7 Å². The summed E-state index contributed by atoms with van der Waals surface area (Å²) in [6.07, 6.45) is -0.197. The van der Waals surface area contributed by atoms with Crippen LogP contribution >= 0.6 is 0 Å². The van der Waals surface area contributed by atoms with Gasteiger partial charge < -0.3 is 25.2 Å². The number of nitrogens with zero attached hydrogens (tertiary/aromatic N) is 2. The van der Waals surface area contributed by atoms with Crippen LogP contribution in [0.4, 0.5) is 15.3 Å². The van der Waals surface area contributed by atoms with Gasteiger partial charge in [0.15, 0.2) is 0 Å². The minimum Gasteiger partial charge on any atom is -0.367 e. The number of hydrogen-bond acceptors (Lipinski definition) is 3. The molecule has 7 nitrogen and oxygen atoms in total. The highest BCUT2D eigenvalue weighted by atomic mass is 16.5. The maximum Gasteiger partial charge on any atom is 0.322 e. The highest BCUT2D eigenvalue weighted by Gasteiger charge is 2.30. The molecule has 4 rings (SSSR count). The summed E-state index contributed by atoms with van der Waals surface area (Å²) < 4.78 is 6.05. The summed E-state index contributed by atoms with van der Waals surface area (Å²) in [6, 6.07) is 17.4. The average molecular weight is 394 g/mol. The van der Waals surface area contributed by atoms with Crippen LogP contribution in [0.15, 0.2) is 54.6 Å². The van der Waals surface area contributed by atoms with Crippen LogP contribution in [0.25, 0.3) is 0 Å². The number of hydrogen-bond donors (Lipinski definition) is 2. The molecule has 2 aliphatic heterocycles. The zero-order valence-corrected chi connectivity index (χ0v) is 16.5. The van der Waals surface area contributed by atoms with Gasteiger partial charge in [0.25, 0.3) is 0 Å². The van der Waals surface area contributed by atoms with Gasteiger partial charge in [-0.25, -0.2) is 9.59 Å². The van der Waals surface area contributed by atoms with Gasteiger partial charge in [0.1, 0.15) is 6.10 Å². The number of amides is 4. The van der Waals surface area contributed by atoms with Gasteiger partial charge in [-0.05, 0) is 24.1 Å². The highest BCUT2D eigenvalue weighted by molar-refractivity contribution is 5.90. The fourth-order valence-corrected chi connectivity index (χ4v) is 3.81. The van der Waals surface area contributed by atoms with Gasteiger partial charge in [-0.1, -0.05) is 48.5 Å². The number of carbonyl (C=O) groups excluding carboxylic acids is 2. The summed E-state index contributed by atoms with van der Waals surface area (Å²) in [7, 11) is 0. The smallest absolute Gasteiger partial charge is 0.322 e. The van der Waals surface area contributed by atoms with Gasteiger partial charge in [0.2, 0.25) is 0 Å². The second kappa shape index (κ2) is 8.53. The summed E-state index contributed by atoms with van der Waals surface area (Å²) in [5.41, 5.74) is 2.71. The molecule has 0 aliphatic carbocycles. The molecule has 2 N–H and O–H groups in total. The first-order chi connectivity index (χ1) is 14.1. The third kappa shape index (κ3) is 4.51. The molecule has 2 saturated heterocycles. The van der Waals surface area contributed by atoms with E-state index in [1.807, 2.05) is 61.5 Å². The molecule has 29 heavy (non-hydrogen) atoms. The molecule has 2 aromatic carbocycles. The molecule has 7 heteroatoms. The van der Waals surface area contributed by atoms with Crippen molar-refractivity contribution in [3.05, 3.63) is 65.7 Å². The Hall–Kier alpha value is -3.06. The van der Waals surface area contributed by atoms with Crippen molar-refractivity contribution in [2.75, 3.05) is 31.5 Å². The van der Waals surface area contributed by atoms with Crippen molar-refractivity contribution in [3.8, 4) is 0 Å². The van der Waals surface area contributed by atoms with Gasteiger partial charge in [0.05, 0.1) is 12.6 Å². The molecule has 2 aromatic rings. The van der Waals surface area contributed by atoms with Crippen molar-refractivity contribution < 1.29 is 14.3 Å². The van der Waals surface area contributed by atoms with E-state index in [1.54, 1.807) is 9.80 Å². The van der Waals surface area contributed by atoms with Gasteiger partial charge in [-0.2, -0.15) is 0 Å². The maximum absolute atomic E-state index is 13.0. The monoisotopic (exact) mass is 394 g/mol. The van der Waals surface area contributed by atoms with E-state index < -0.39 is 0 Å². The number of carbonyl (C=O) groups is 2. The Balaban J connectivity index is 1.45. The fourth-order valence-electron chi connectivity index (χ4n) is 3.81. The summed E-state index contributed by atoms with van der Waals surface area (Å²) in [5, 5.41) is 5.84. The number of para-hydroxylation sites is 1. The molecule has 152 valence electrons. The van der Waals surface area contributed by atoms with E-state index in [0.29, 0.717) is 32.7 Å². The molecule has 0 saturated carbocycles. The van der Waals surface area contributed by atoms with Crippen LogP contribution in [0.3, 0.4) is 0 Å². The number of morpholine rings is 1. The number of anilines is 1. The second-order valence-electron chi connectivity index (χ2n) is 7.49. The molecule has 0 bridgehead atoms. The number of rotatable bonds is 4. The first kappa shape index (κ1) is 19.3. The third-order valence-corrected chi connectivity index (χ3v) is 5.28. The SMILES string of the molecule is C[C@@H]1CN(C(=O)Nc2ccccc2CN2CCNC2=O)C[C@@H](c2ccccc2)O1. The van der Waals surface area contributed by atoms with E-state index >= 15 is 0 Å². The Bertz CT molecular complexity index is 873. The first-order valence-corrected chi connectivity index (χ1v) is 9.97. The van der Waals surface area contributed by atoms with Crippen LogP contribution in [0.2, 0.25) is 0 Å². The quantitative estimate of drug-likeness (QED) is 0.836. The third-order valence-electron chi connectivity index (χ3n) is 5.28. The molecule has 4 amide bonds. The largest absolute Gasteiger partial charge is 0.367 e. The number of urea groups is 2. The van der Waals surface area contributed by atoms with E-state index in [2.05, 4.69) is 10.6 Å². The fraction of sp³-hybridized carbons (Fsp3) is 0.364. The lowest BCUT2D eigenvalue weighted by atomic mass is 10.1. The number of benzene rings is 2. The standard InChI is InChI=1S/C22H26N4O3/c1-16-13-26(15-20(29-16)17-7-3-2-4-8-17)22(28)24-19-10-6-5-9-18(19)14-25-12-11-23-21(25)27/h2-10,16,20H,11-15H2,1H3,(H,23,27)(H,24,28)/t16-,20+/m1/s1. The van der Waals surface area contributed by atoms with Gasteiger partial charge in [0, 0.05) is 31.9 Å².